The predicted octanol–water partition coefficient (Wildman–Crippen LogP) is -0.391. The van der Waals surface area contributed by atoms with Crippen molar-refractivity contribution in [1.82, 2.24) is 10.3 Å². The number of rotatable bonds is 5. The summed E-state index contributed by atoms with van der Waals surface area (Å²) in [4.78, 5) is 26.9. The van der Waals surface area contributed by atoms with Crippen LogP contribution in [0.4, 0.5) is 5.69 Å². The van der Waals surface area contributed by atoms with Crippen LogP contribution in [0.5, 0.6) is 0 Å². The monoisotopic (exact) mass is 251 g/mol. The highest BCUT2D eigenvalue weighted by Crippen LogP contribution is 2.14. The number of carbonyl (C=O) groups is 2. The minimum atomic E-state index is -0.811. The van der Waals surface area contributed by atoms with Gasteiger partial charge in [-0.05, 0) is 19.9 Å². The summed E-state index contributed by atoms with van der Waals surface area (Å²) in [5.41, 5.74) is 7.57. The van der Waals surface area contributed by atoms with E-state index in [0.717, 1.165) is 0 Å². The molecule has 0 spiro atoms. The average Bonchev–Trinajstić information content (AvgIpc) is 2.35. The van der Waals surface area contributed by atoms with Crippen LogP contribution in [0.25, 0.3) is 0 Å². The van der Waals surface area contributed by atoms with Gasteiger partial charge in [0, 0.05) is 18.9 Å². The number of aromatic nitrogens is 1. The Morgan fingerprint density at radius 3 is 2.67 bits per heavy atom. The molecule has 6 N–H and O–H groups in total. The number of primary amides is 1. The number of anilines is 1. The van der Waals surface area contributed by atoms with E-state index in [-0.39, 0.29) is 12.5 Å². The summed E-state index contributed by atoms with van der Waals surface area (Å²) in [5.74, 6) is 4.44. The van der Waals surface area contributed by atoms with E-state index < -0.39 is 11.3 Å². The molecule has 18 heavy (non-hydrogen) atoms. The number of pyridine rings is 1. The molecule has 0 saturated carbocycles. The molecule has 1 heterocycles. The second-order valence-corrected chi connectivity index (χ2v) is 4.50. The molecule has 0 unspecified atom stereocenters. The SMILES string of the molecule is CC(C)(CNC(=O)c1cnccc1NN)C(N)=O. The fraction of sp³-hybridized carbons (Fsp3) is 0.364. The maximum atomic E-state index is 11.9. The van der Waals surface area contributed by atoms with E-state index in [9.17, 15) is 9.59 Å². The summed E-state index contributed by atoms with van der Waals surface area (Å²) < 4.78 is 0. The van der Waals surface area contributed by atoms with Crippen LogP contribution in [-0.2, 0) is 4.79 Å². The first kappa shape index (κ1) is 13.9. The summed E-state index contributed by atoms with van der Waals surface area (Å²) in [6.45, 7) is 3.45. The molecular formula is C11H17N5O2. The van der Waals surface area contributed by atoms with Gasteiger partial charge in [0.2, 0.25) is 5.91 Å². The van der Waals surface area contributed by atoms with Crippen molar-refractivity contribution in [3.63, 3.8) is 0 Å². The van der Waals surface area contributed by atoms with Crippen molar-refractivity contribution in [2.75, 3.05) is 12.0 Å². The lowest BCUT2D eigenvalue weighted by Gasteiger charge is -2.21. The van der Waals surface area contributed by atoms with Gasteiger partial charge in [-0.15, -0.1) is 0 Å². The Morgan fingerprint density at radius 1 is 1.44 bits per heavy atom. The summed E-state index contributed by atoms with van der Waals surface area (Å²) in [6.07, 6.45) is 2.90. The number of nitrogens with one attached hydrogen (secondary N) is 2. The molecule has 0 fully saturated rings. The van der Waals surface area contributed by atoms with Gasteiger partial charge in [0.25, 0.3) is 5.91 Å². The van der Waals surface area contributed by atoms with E-state index >= 15 is 0 Å². The van der Waals surface area contributed by atoms with Crippen LogP contribution in [0, 0.1) is 5.41 Å². The molecule has 0 saturated heterocycles. The maximum absolute atomic E-state index is 11.9. The zero-order chi connectivity index (χ0) is 13.8. The second-order valence-electron chi connectivity index (χ2n) is 4.50. The van der Waals surface area contributed by atoms with Crippen molar-refractivity contribution < 1.29 is 9.59 Å². The average molecular weight is 251 g/mol. The third kappa shape index (κ3) is 3.17. The summed E-state index contributed by atoms with van der Waals surface area (Å²) in [6, 6.07) is 1.58. The van der Waals surface area contributed by atoms with E-state index in [0.29, 0.717) is 11.3 Å². The van der Waals surface area contributed by atoms with E-state index in [1.54, 1.807) is 19.9 Å². The Labute approximate surface area is 105 Å². The highest BCUT2D eigenvalue weighted by molar-refractivity contribution is 5.99. The minimum absolute atomic E-state index is 0.139. The van der Waals surface area contributed by atoms with Crippen LogP contribution in [0.2, 0.25) is 0 Å². The third-order valence-electron chi connectivity index (χ3n) is 2.58. The van der Waals surface area contributed by atoms with Gasteiger partial charge >= 0.3 is 0 Å². The molecule has 0 bridgehead atoms. The van der Waals surface area contributed by atoms with Crippen molar-refractivity contribution >= 4 is 17.5 Å². The number of nitrogens with two attached hydrogens (primary N) is 2. The molecule has 1 aromatic rings. The molecule has 98 valence electrons. The predicted molar refractivity (Wildman–Crippen MR) is 67.4 cm³/mol. The molecule has 0 radical (unpaired) electrons. The lowest BCUT2D eigenvalue weighted by Crippen LogP contribution is -2.42. The van der Waals surface area contributed by atoms with Crippen LogP contribution >= 0.6 is 0 Å². The van der Waals surface area contributed by atoms with Crippen molar-refractivity contribution in [3.8, 4) is 0 Å². The highest BCUT2D eigenvalue weighted by Gasteiger charge is 2.26. The van der Waals surface area contributed by atoms with Gasteiger partial charge in [-0.25, -0.2) is 0 Å². The van der Waals surface area contributed by atoms with Crippen molar-refractivity contribution in [2.24, 2.45) is 17.0 Å². The Bertz CT molecular complexity index is 459. The molecule has 0 aliphatic carbocycles. The quantitative estimate of drug-likeness (QED) is 0.419. The van der Waals surface area contributed by atoms with E-state index in [2.05, 4.69) is 15.7 Å². The van der Waals surface area contributed by atoms with Gasteiger partial charge in [0.1, 0.15) is 0 Å². The van der Waals surface area contributed by atoms with Gasteiger partial charge in [0.15, 0.2) is 0 Å². The van der Waals surface area contributed by atoms with Gasteiger partial charge in [0.05, 0.1) is 16.7 Å². The first-order valence-electron chi connectivity index (χ1n) is 5.37. The van der Waals surface area contributed by atoms with E-state index in [1.165, 1.54) is 12.4 Å². The van der Waals surface area contributed by atoms with Gasteiger partial charge in [-0.1, -0.05) is 0 Å². The summed E-state index contributed by atoms with van der Waals surface area (Å²) in [5, 5.41) is 2.62. The number of hydrogen-bond donors (Lipinski definition) is 4. The normalized spacial score (nSPS) is 10.8. The standard InChI is InChI=1S/C11H17N5O2/c1-11(2,10(12)18)6-15-9(17)7-5-14-4-3-8(7)16-13/h3-5H,6,13H2,1-2H3,(H2,12,18)(H,14,16)(H,15,17). The Balaban J connectivity index is 2.75. The first-order chi connectivity index (χ1) is 8.38. The fourth-order valence-corrected chi connectivity index (χ4v) is 1.18. The molecule has 0 aromatic carbocycles. The number of carbonyl (C=O) groups excluding carboxylic acids is 2. The second kappa shape index (κ2) is 5.46. The van der Waals surface area contributed by atoms with E-state index in [1.807, 2.05) is 0 Å². The highest BCUT2D eigenvalue weighted by atomic mass is 16.2. The molecule has 7 nitrogen and oxygen atoms in total. The van der Waals surface area contributed by atoms with Crippen molar-refractivity contribution in [3.05, 3.63) is 24.0 Å². The number of hydrazine groups is 1. The number of nitrogens with zero attached hydrogens (tertiary/aromatic N) is 1. The summed E-state index contributed by atoms with van der Waals surface area (Å²) >= 11 is 0. The van der Waals surface area contributed by atoms with Crippen LogP contribution in [0.1, 0.15) is 24.2 Å². The number of nitrogen functional groups attached to an aromatic ring is 1. The lowest BCUT2D eigenvalue weighted by atomic mass is 9.92. The van der Waals surface area contributed by atoms with Gasteiger partial charge in [-0.3, -0.25) is 20.4 Å². The first-order valence-corrected chi connectivity index (χ1v) is 5.37. The third-order valence-corrected chi connectivity index (χ3v) is 2.58. The number of hydrogen-bond acceptors (Lipinski definition) is 5. The largest absolute Gasteiger partial charge is 0.369 e. The topological polar surface area (TPSA) is 123 Å². The minimum Gasteiger partial charge on any atom is -0.369 e. The van der Waals surface area contributed by atoms with E-state index in [4.69, 9.17) is 11.6 Å². The van der Waals surface area contributed by atoms with Gasteiger partial charge in [-0.2, -0.15) is 0 Å². The van der Waals surface area contributed by atoms with Crippen LogP contribution in [-0.4, -0.2) is 23.3 Å². The zero-order valence-corrected chi connectivity index (χ0v) is 10.4. The Kier molecular flexibility index (Phi) is 4.22. The smallest absolute Gasteiger partial charge is 0.255 e. The molecule has 2 amide bonds. The lowest BCUT2D eigenvalue weighted by molar-refractivity contribution is -0.125. The Morgan fingerprint density at radius 2 is 2.11 bits per heavy atom. The van der Waals surface area contributed by atoms with Crippen LogP contribution in [0.3, 0.4) is 0 Å². The molecule has 0 aliphatic rings. The molecule has 0 aliphatic heterocycles. The van der Waals surface area contributed by atoms with Crippen molar-refractivity contribution in [1.29, 1.82) is 0 Å². The fourth-order valence-electron chi connectivity index (χ4n) is 1.18. The molecule has 7 heteroatoms. The zero-order valence-electron chi connectivity index (χ0n) is 10.4. The maximum Gasteiger partial charge on any atom is 0.255 e. The van der Waals surface area contributed by atoms with Gasteiger partial charge < -0.3 is 16.5 Å². The van der Waals surface area contributed by atoms with Crippen LogP contribution < -0.4 is 22.3 Å². The van der Waals surface area contributed by atoms with Crippen LogP contribution in [0.15, 0.2) is 18.5 Å². The molecule has 0 atom stereocenters. The molecule has 1 rings (SSSR count). The number of amides is 2. The molecular weight excluding hydrogens is 234 g/mol. The summed E-state index contributed by atoms with van der Waals surface area (Å²) in [7, 11) is 0. The van der Waals surface area contributed by atoms with Crippen molar-refractivity contribution in [2.45, 2.75) is 13.8 Å². The molecule has 1 aromatic heterocycles. The Hall–Kier alpha value is -2.15.